The van der Waals surface area contributed by atoms with Crippen LogP contribution in [0.1, 0.15) is 49.9 Å². The zero-order valence-corrected chi connectivity index (χ0v) is 16.1. The Kier molecular flexibility index (Phi) is 9.43. The van der Waals surface area contributed by atoms with E-state index in [4.69, 9.17) is 0 Å². The summed E-state index contributed by atoms with van der Waals surface area (Å²) in [6.07, 6.45) is 8.32. The molecule has 1 heterocycles. The van der Waals surface area contributed by atoms with Crippen LogP contribution in [0.15, 0.2) is 23.2 Å². The van der Waals surface area contributed by atoms with E-state index < -0.39 is 0 Å². The smallest absolute Gasteiger partial charge is 0.191 e. The van der Waals surface area contributed by atoms with Gasteiger partial charge in [0.2, 0.25) is 0 Å². The Labute approximate surface area is 151 Å². The van der Waals surface area contributed by atoms with E-state index in [1.807, 2.05) is 32.2 Å². The van der Waals surface area contributed by atoms with E-state index in [1.165, 1.54) is 38.5 Å². The van der Waals surface area contributed by atoms with E-state index in [0.29, 0.717) is 6.54 Å². The van der Waals surface area contributed by atoms with E-state index in [1.54, 1.807) is 0 Å². The summed E-state index contributed by atoms with van der Waals surface area (Å²) in [5.74, 6) is 1.84. The van der Waals surface area contributed by atoms with Crippen molar-refractivity contribution in [3.8, 4) is 0 Å². The molecule has 0 radical (unpaired) electrons. The molecule has 0 amide bonds. The van der Waals surface area contributed by atoms with Crippen LogP contribution in [-0.2, 0) is 6.54 Å². The Bertz CT molecular complexity index is 456. The van der Waals surface area contributed by atoms with Gasteiger partial charge in [0.15, 0.2) is 5.96 Å². The average molecular weight is 416 g/mol. The lowest BCUT2D eigenvalue weighted by molar-refractivity contribution is 0.481. The predicted octanol–water partition coefficient (Wildman–Crippen LogP) is 3.64. The number of aliphatic imine (C=N–C) groups is 1. The van der Waals surface area contributed by atoms with Crippen molar-refractivity contribution < 1.29 is 0 Å². The van der Waals surface area contributed by atoms with Gasteiger partial charge in [-0.05, 0) is 37.8 Å². The molecule has 0 bridgehead atoms. The minimum atomic E-state index is 0. The Morgan fingerprint density at radius 3 is 2.73 bits per heavy atom. The summed E-state index contributed by atoms with van der Waals surface area (Å²) >= 11 is 0. The third-order valence-corrected chi connectivity index (χ3v) is 4.16. The van der Waals surface area contributed by atoms with Crippen LogP contribution in [0.3, 0.4) is 0 Å². The zero-order valence-electron chi connectivity index (χ0n) is 13.8. The number of pyridine rings is 1. The van der Waals surface area contributed by atoms with Gasteiger partial charge >= 0.3 is 0 Å². The van der Waals surface area contributed by atoms with E-state index >= 15 is 0 Å². The fourth-order valence-electron chi connectivity index (χ4n) is 2.99. The second kappa shape index (κ2) is 10.8. The van der Waals surface area contributed by atoms with Crippen molar-refractivity contribution in [3.05, 3.63) is 29.6 Å². The first-order chi connectivity index (χ1) is 10.3. The first-order valence-corrected chi connectivity index (χ1v) is 8.15. The molecule has 0 aliphatic heterocycles. The third-order valence-electron chi connectivity index (χ3n) is 4.16. The maximum absolute atomic E-state index is 4.48. The number of aryl methyl sites for hydroxylation is 1. The lowest BCUT2D eigenvalue weighted by Crippen LogP contribution is -2.37. The van der Waals surface area contributed by atoms with Gasteiger partial charge < -0.3 is 10.6 Å². The number of rotatable bonds is 6. The predicted molar refractivity (Wildman–Crippen MR) is 104 cm³/mol. The number of hydrogen-bond donors (Lipinski definition) is 2. The van der Waals surface area contributed by atoms with E-state index in [-0.39, 0.29) is 24.0 Å². The molecule has 2 N–H and O–H groups in total. The molecule has 22 heavy (non-hydrogen) atoms. The SMILES string of the molecule is CN=C(NCCCC1CCCC1)NCc1cccc(C)n1.I. The highest BCUT2D eigenvalue weighted by Gasteiger charge is 2.13. The van der Waals surface area contributed by atoms with E-state index in [9.17, 15) is 0 Å². The molecule has 0 aromatic carbocycles. The Morgan fingerprint density at radius 1 is 1.27 bits per heavy atom. The first-order valence-electron chi connectivity index (χ1n) is 8.15. The van der Waals surface area contributed by atoms with Crippen LogP contribution in [0.2, 0.25) is 0 Å². The molecule has 4 nitrogen and oxygen atoms in total. The van der Waals surface area contributed by atoms with Crippen molar-refractivity contribution in [1.29, 1.82) is 0 Å². The van der Waals surface area contributed by atoms with Crippen molar-refractivity contribution in [2.45, 2.75) is 52.0 Å². The zero-order chi connectivity index (χ0) is 14.9. The number of guanidine groups is 1. The number of aromatic nitrogens is 1. The van der Waals surface area contributed by atoms with Crippen molar-refractivity contribution in [2.75, 3.05) is 13.6 Å². The maximum Gasteiger partial charge on any atom is 0.191 e. The summed E-state index contributed by atoms with van der Waals surface area (Å²) in [6.45, 7) is 3.72. The highest BCUT2D eigenvalue weighted by atomic mass is 127. The molecule has 1 fully saturated rings. The molecular formula is C17H29IN4. The third kappa shape index (κ3) is 6.94. The summed E-state index contributed by atoms with van der Waals surface area (Å²) in [6, 6.07) is 6.09. The molecule has 0 saturated heterocycles. The van der Waals surface area contributed by atoms with Gasteiger partial charge in [-0.15, -0.1) is 24.0 Å². The lowest BCUT2D eigenvalue weighted by Gasteiger charge is -2.13. The molecule has 1 aromatic rings. The van der Waals surface area contributed by atoms with Gasteiger partial charge in [0.05, 0.1) is 12.2 Å². The number of hydrogen-bond acceptors (Lipinski definition) is 2. The van der Waals surface area contributed by atoms with Crippen molar-refractivity contribution >= 4 is 29.9 Å². The summed E-state index contributed by atoms with van der Waals surface area (Å²) < 4.78 is 0. The van der Waals surface area contributed by atoms with Crippen molar-refractivity contribution in [3.63, 3.8) is 0 Å². The second-order valence-electron chi connectivity index (χ2n) is 5.92. The van der Waals surface area contributed by atoms with Gasteiger partial charge in [-0.1, -0.05) is 31.7 Å². The Hall–Kier alpha value is -0.850. The molecule has 1 aliphatic rings. The van der Waals surface area contributed by atoms with Gasteiger partial charge in [-0.2, -0.15) is 0 Å². The van der Waals surface area contributed by atoms with Gasteiger partial charge in [0, 0.05) is 19.3 Å². The number of nitrogens with zero attached hydrogens (tertiary/aromatic N) is 2. The quantitative estimate of drug-likeness (QED) is 0.322. The van der Waals surface area contributed by atoms with Crippen molar-refractivity contribution in [2.24, 2.45) is 10.9 Å². The van der Waals surface area contributed by atoms with Crippen LogP contribution in [-0.4, -0.2) is 24.5 Å². The monoisotopic (exact) mass is 416 g/mol. The van der Waals surface area contributed by atoms with Crippen LogP contribution in [0, 0.1) is 12.8 Å². The van der Waals surface area contributed by atoms with Gasteiger partial charge in [-0.25, -0.2) is 0 Å². The molecule has 0 spiro atoms. The van der Waals surface area contributed by atoms with E-state index in [0.717, 1.165) is 29.8 Å². The normalized spacial score (nSPS) is 15.5. The summed E-state index contributed by atoms with van der Waals surface area (Å²) in [5.41, 5.74) is 2.10. The van der Waals surface area contributed by atoms with Gasteiger partial charge in [-0.3, -0.25) is 9.98 Å². The number of halogens is 1. The second-order valence-corrected chi connectivity index (χ2v) is 5.92. The van der Waals surface area contributed by atoms with Gasteiger partial charge in [0.1, 0.15) is 0 Å². The van der Waals surface area contributed by atoms with Crippen LogP contribution in [0.5, 0.6) is 0 Å². The largest absolute Gasteiger partial charge is 0.356 e. The molecule has 124 valence electrons. The fraction of sp³-hybridized carbons (Fsp3) is 0.647. The summed E-state index contributed by atoms with van der Waals surface area (Å²) in [7, 11) is 1.82. The van der Waals surface area contributed by atoms with E-state index in [2.05, 4.69) is 20.6 Å². The van der Waals surface area contributed by atoms with Crippen LogP contribution in [0.4, 0.5) is 0 Å². The molecule has 1 aliphatic carbocycles. The summed E-state index contributed by atoms with van der Waals surface area (Å²) in [5, 5.41) is 6.71. The number of nitrogens with one attached hydrogen (secondary N) is 2. The van der Waals surface area contributed by atoms with Crippen molar-refractivity contribution in [1.82, 2.24) is 15.6 Å². The molecule has 1 aromatic heterocycles. The van der Waals surface area contributed by atoms with Crippen LogP contribution in [0.25, 0.3) is 0 Å². The molecule has 0 unspecified atom stereocenters. The fourth-order valence-corrected chi connectivity index (χ4v) is 2.99. The maximum atomic E-state index is 4.48. The highest BCUT2D eigenvalue weighted by molar-refractivity contribution is 14.0. The Balaban J connectivity index is 0.00000242. The lowest BCUT2D eigenvalue weighted by atomic mass is 10.0. The topological polar surface area (TPSA) is 49.3 Å². The molecule has 5 heteroatoms. The molecule has 2 rings (SSSR count). The molecular weight excluding hydrogens is 387 g/mol. The van der Waals surface area contributed by atoms with Gasteiger partial charge in [0.25, 0.3) is 0 Å². The average Bonchev–Trinajstić information content (AvgIpc) is 3.00. The molecule has 0 atom stereocenters. The minimum Gasteiger partial charge on any atom is -0.356 e. The van der Waals surface area contributed by atoms with Crippen LogP contribution < -0.4 is 10.6 Å². The summed E-state index contributed by atoms with van der Waals surface area (Å²) in [4.78, 5) is 8.74. The highest BCUT2D eigenvalue weighted by Crippen LogP contribution is 2.28. The minimum absolute atomic E-state index is 0. The Morgan fingerprint density at radius 2 is 2.05 bits per heavy atom. The van der Waals surface area contributed by atoms with Crippen LogP contribution >= 0.6 is 24.0 Å². The standard InChI is InChI=1S/C17H28N4.HI/c1-14-7-5-11-16(21-14)13-20-17(18-2)19-12-6-10-15-8-3-4-9-15;/h5,7,11,15H,3-4,6,8-10,12-13H2,1-2H3,(H2,18,19,20);1H. The molecule has 1 saturated carbocycles. The first kappa shape index (κ1) is 19.2.